The number of carboxylic acid groups (broad SMARTS) is 1. The second kappa shape index (κ2) is 3.88. The second-order valence-corrected chi connectivity index (χ2v) is 4.63. The van der Waals surface area contributed by atoms with Crippen molar-refractivity contribution in [3.63, 3.8) is 0 Å². The third-order valence-corrected chi connectivity index (χ3v) is 3.30. The Labute approximate surface area is 106 Å². The lowest BCUT2D eigenvalue weighted by Crippen LogP contribution is -2.05. The molecule has 0 aromatic carbocycles. The molecule has 0 fully saturated rings. The average Bonchev–Trinajstić information content (AvgIpc) is 2.94. The molecular weight excluding hydrogens is 252 g/mol. The number of aryl methyl sites for hydroxylation is 1. The van der Waals surface area contributed by atoms with Crippen LogP contribution in [0.4, 0.5) is 0 Å². The topological polar surface area (TPSA) is 80.4 Å². The number of fused-ring (bicyclic) bond motifs is 1. The standard InChI is InChI=1S/C11H8N4O2S/c1-6-12-11-13-7(10(16)17)5-8(15(11)14-6)9-3-2-4-18-9/h2-5H,1H3,(H,16,17). The van der Waals surface area contributed by atoms with Crippen molar-refractivity contribution >= 4 is 23.1 Å². The zero-order valence-electron chi connectivity index (χ0n) is 9.36. The van der Waals surface area contributed by atoms with E-state index < -0.39 is 5.97 Å². The van der Waals surface area contributed by atoms with Crippen molar-refractivity contribution in [1.82, 2.24) is 19.6 Å². The summed E-state index contributed by atoms with van der Waals surface area (Å²) in [6, 6.07) is 5.31. The van der Waals surface area contributed by atoms with Gasteiger partial charge >= 0.3 is 5.97 Å². The first-order valence-corrected chi connectivity index (χ1v) is 6.05. The fraction of sp³-hybridized carbons (Fsp3) is 0.0909. The third kappa shape index (κ3) is 1.65. The van der Waals surface area contributed by atoms with E-state index in [9.17, 15) is 4.79 Å². The summed E-state index contributed by atoms with van der Waals surface area (Å²) < 4.78 is 1.56. The van der Waals surface area contributed by atoms with Crippen molar-refractivity contribution in [2.75, 3.05) is 0 Å². The minimum absolute atomic E-state index is 0.0294. The molecule has 0 saturated carbocycles. The Morgan fingerprint density at radius 2 is 2.28 bits per heavy atom. The number of aromatic carboxylic acids is 1. The van der Waals surface area contributed by atoms with E-state index in [0.29, 0.717) is 17.3 Å². The molecule has 3 aromatic rings. The molecule has 3 rings (SSSR count). The lowest BCUT2D eigenvalue weighted by atomic mass is 10.3. The number of nitrogens with zero attached hydrogens (tertiary/aromatic N) is 4. The van der Waals surface area contributed by atoms with Gasteiger partial charge < -0.3 is 5.11 Å². The Balaban J connectivity index is 2.36. The van der Waals surface area contributed by atoms with Crippen LogP contribution < -0.4 is 0 Å². The molecule has 3 heterocycles. The van der Waals surface area contributed by atoms with E-state index in [4.69, 9.17) is 5.11 Å². The summed E-state index contributed by atoms with van der Waals surface area (Å²) in [5.74, 6) is -0.213. The van der Waals surface area contributed by atoms with E-state index in [0.717, 1.165) is 4.88 Å². The minimum Gasteiger partial charge on any atom is -0.477 e. The van der Waals surface area contributed by atoms with Gasteiger partial charge in [-0.05, 0) is 24.4 Å². The monoisotopic (exact) mass is 260 g/mol. The largest absolute Gasteiger partial charge is 0.477 e. The zero-order valence-corrected chi connectivity index (χ0v) is 10.2. The Bertz CT molecular complexity index is 733. The average molecular weight is 260 g/mol. The first kappa shape index (κ1) is 10.8. The molecule has 90 valence electrons. The van der Waals surface area contributed by atoms with Crippen molar-refractivity contribution < 1.29 is 9.90 Å². The van der Waals surface area contributed by atoms with Gasteiger partial charge in [0.25, 0.3) is 5.78 Å². The molecule has 7 heteroatoms. The van der Waals surface area contributed by atoms with Crippen LogP contribution in [-0.4, -0.2) is 30.7 Å². The number of thiophene rings is 1. The van der Waals surface area contributed by atoms with E-state index in [1.54, 1.807) is 11.4 Å². The molecule has 0 amide bonds. The Kier molecular flexibility index (Phi) is 2.34. The van der Waals surface area contributed by atoms with E-state index >= 15 is 0 Å². The van der Waals surface area contributed by atoms with E-state index in [2.05, 4.69) is 15.1 Å². The van der Waals surface area contributed by atoms with Gasteiger partial charge in [-0.15, -0.1) is 16.4 Å². The van der Waals surface area contributed by atoms with E-state index in [1.165, 1.54) is 17.4 Å². The molecule has 3 aromatic heterocycles. The number of carbonyl (C=O) groups is 1. The highest BCUT2D eigenvalue weighted by atomic mass is 32.1. The molecule has 0 aliphatic heterocycles. The van der Waals surface area contributed by atoms with Crippen molar-refractivity contribution in [3.05, 3.63) is 35.1 Å². The summed E-state index contributed by atoms with van der Waals surface area (Å²) in [5, 5.41) is 15.2. The van der Waals surface area contributed by atoms with Crippen LogP contribution in [0.3, 0.4) is 0 Å². The predicted octanol–water partition coefficient (Wildman–Crippen LogP) is 1.86. The van der Waals surface area contributed by atoms with Crippen LogP contribution >= 0.6 is 11.3 Å². The second-order valence-electron chi connectivity index (χ2n) is 3.68. The van der Waals surface area contributed by atoms with Gasteiger partial charge in [0.2, 0.25) is 0 Å². The summed E-state index contributed by atoms with van der Waals surface area (Å²) in [6.07, 6.45) is 0. The molecule has 18 heavy (non-hydrogen) atoms. The SMILES string of the molecule is Cc1nc2nc(C(=O)O)cc(-c3cccs3)n2n1. The van der Waals surface area contributed by atoms with Crippen LogP contribution in [0, 0.1) is 6.92 Å². The third-order valence-electron chi connectivity index (χ3n) is 2.41. The van der Waals surface area contributed by atoms with Crippen LogP contribution in [0.25, 0.3) is 16.3 Å². The Hall–Kier alpha value is -2.28. The first-order valence-electron chi connectivity index (χ1n) is 5.17. The molecule has 6 nitrogen and oxygen atoms in total. The number of rotatable bonds is 2. The molecule has 1 N–H and O–H groups in total. The highest BCUT2D eigenvalue weighted by Crippen LogP contribution is 2.25. The van der Waals surface area contributed by atoms with Crippen molar-refractivity contribution in [2.45, 2.75) is 6.92 Å². The molecule has 0 bridgehead atoms. The Morgan fingerprint density at radius 1 is 1.44 bits per heavy atom. The fourth-order valence-electron chi connectivity index (χ4n) is 1.68. The summed E-state index contributed by atoms with van der Waals surface area (Å²) in [5.41, 5.74) is 0.659. The smallest absolute Gasteiger partial charge is 0.354 e. The van der Waals surface area contributed by atoms with Gasteiger partial charge in [0.05, 0.1) is 10.6 Å². The van der Waals surface area contributed by atoms with Crippen LogP contribution in [-0.2, 0) is 0 Å². The lowest BCUT2D eigenvalue weighted by molar-refractivity contribution is 0.0690. The molecule has 0 atom stereocenters. The van der Waals surface area contributed by atoms with E-state index in [-0.39, 0.29) is 5.69 Å². The molecule has 0 saturated heterocycles. The van der Waals surface area contributed by atoms with Crippen molar-refractivity contribution in [2.24, 2.45) is 0 Å². The van der Waals surface area contributed by atoms with Gasteiger partial charge in [-0.1, -0.05) is 6.07 Å². The molecule has 0 radical (unpaired) electrons. The van der Waals surface area contributed by atoms with Crippen LogP contribution in [0.5, 0.6) is 0 Å². The maximum absolute atomic E-state index is 11.1. The number of aromatic nitrogens is 4. The van der Waals surface area contributed by atoms with Crippen LogP contribution in [0.1, 0.15) is 16.3 Å². The molecule has 0 aliphatic rings. The number of hydrogen-bond donors (Lipinski definition) is 1. The summed E-state index contributed by atoms with van der Waals surface area (Å²) in [7, 11) is 0. The van der Waals surface area contributed by atoms with Gasteiger partial charge in [-0.25, -0.2) is 9.78 Å². The molecular formula is C11H8N4O2S. The van der Waals surface area contributed by atoms with E-state index in [1.807, 2.05) is 17.5 Å². The lowest BCUT2D eigenvalue weighted by Gasteiger charge is -2.02. The van der Waals surface area contributed by atoms with Crippen LogP contribution in [0.15, 0.2) is 23.6 Å². The summed E-state index contributed by atoms with van der Waals surface area (Å²) in [6.45, 7) is 1.74. The van der Waals surface area contributed by atoms with Crippen LogP contribution in [0.2, 0.25) is 0 Å². The molecule has 0 unspecified atom stereocenters. The van der Waals surface area contributed by atoms with Crippen molar-refractivity contribution in [1.29, 1.82) is 0 Å². The number of hydrogen-bond acceptors (Lipinski definition) is 5. The van der Waals surface area contributed by atoms with Gasteiger partial charge in [0.1, 0.15) is 5.82 Å². The summed E-state index contributed by atoms with van der Waals surface area (Å²) >= 11 is 1.51. The molecule has 0 aliphatic carbocycles. The van der Waals surface area contributed by atoms with Gasteiger partial charge in [0, 0.05) is 0 Å². The quantitative estimate of drug-likeness (QED) is 0.760. The van der Waals surface area contributed by atoms with Gasteiger partial charge in [0.15, 0.2) is 5.69 Å². The maximum atomic E-state index is 11.1. The fourth-order valence-corrected chi connectivity index (χ4v) is 2.40. The normalized spacial score (nSPS) is 10.9. The van der Waals surface area contributed by atoms with Crippen molar-refractivity contribution in [3.8, 4) is 10.6 Å². The van der Waals surface area contributed by atoms with Gasteiger partial charge in [-0.2, -0.15) is 9.50 Å². The highest BCUT2D eigenvalue weighted by Gasteiger charge is 2.15. The Morgan fingerprint density at radius 3 is 2.94 bits per heavy atom. The first-order chi connectivity index (χ1) is 8.65. The predicted molar refractivity (Wildman–Crippen MR) is 65.8 cm³/mol. The minimum atomic E-state index is -1.07. The highest BCUT2D eigenvalue weighted by molar-refractivity contribution is 7.13. The van der Waals surface area contributed by atoms with Gasteiger partial charge in [-0.3, -0.25) is 0 Å². The maximum Gasteiger partial charge on any atom is 0.354 e. The zero-order chi connectivity index (χ0) is 12.7. The summed E-state index contributed by atoms with van der Waals surface area (Å²) in [4.78, 5) is 20.1. The molecule has 0 spiro atoms. The number of carboxylic acids is 1.